The molecule has 1 atom stereocenters. The van der Waals surface area contributed by atoms with Crippen molar-refractivity contribution in [3.05, 3.63) is 29.6 Å². The first kappa shape index (κ1) is 13.0. The highest BCUT2D eigenvalue weighted by Gasteiger charge is 2.22. The first-order chi connectivity index (χ1) is 8.54. The minimum atomic E-state index is -0.368. The summed E-state index contributed by atoms with van der Waals surface area (Å²) in [5.41, 5.74) is 1.32. The standard InChI is InChI=1S/C13H17FN2O2/c1-9-2-3-10(14)6-12(9)15-13(18)8-16-5-4-11(17)7-16/h2-3,6,11,17H,4-5,7-8H2,1H3,(H,15,18)/t11-/m0/s1. The minimum Gasteiger partial charge on any atom is -0.392 e. The highest BCUT2D eigenvalue weighted by atomic mass is 19.1. The second-order valence-corrected chi connectivity index (χ2v) is 4.69. The third kappa shape index (κ3) is 3.27. The molecule has 2 rings (SSSR count). The van der Waals surface area contributed by atoms with Gasteiger partial charge in [0, 0.05) is 18.8 Å². The number of aliphatic hydroxyl groups is 1. The number of nitrogens with one attached hydrogen (secondary N) is 1. The highest BCUT2D eigenvalue weighted by Crippen LogP contribution is 2.16. The average Bonchev–Trinajstić information content (AvgIpc) is 2.69. The number of hydrogen-bond donors (Lipinski definition) is 2. The largest absolute Gasteiger partial charge is 0.392 e. The first-order valence-electron chi connectivity index (χ1n) is 6.01. The van der Waals surface area contributed by atoms with E-state index < -0.39 is 0 Å². The van der Waals surface area contributed by atoms with E-state index in [0.29, 0.717) is 18.7 Å². The molecule has 4 nitrogen and oxygen atoms in total. The smallest absolute Gasteiger partial charge is 0.238 e. The fourth-order valence-electron chi connectivity index (χ4n) is 2.08. The zero-order chi connectivity index (χ0) is 13.1. The van der Waals surface area contributed by atoms with E-state index in [1.165, 1.54) is 12.1 Å². The number of rotatable bonds is 3. The van der Waals surface area contributed by atoms with Crippen molar-refractivity contribution in [3.8, 4) is 0 Å². The van der Waals surface area contributed by atoms with Gasteiger partial charge in [-0.2, -0.15) is 0 Å². The Morgan fingerprint density at radius 1 is 1.61 bits per heavy atom. The van der Waals surface area contributed by atoms with Gasteiger partial charge in [0.1, 0.15) is 5.82 Å². The fraction of sp³-hybridized carbons (Fsp3) is 0.462. The number of amides is 1. The summed E-state index contributed by atoms with van der Waals surface area (Å²) < 4.78 is 13.1. The van der Waals surface area contributed by atoms with Crippen LogP contribution in [0.2, 0.25) is 0 Å². The molecule has 98 valence electrons. The predicted octanol–water partition coefficient (Wildman–Crippen LogP) is 1.14. The van der Waals surface area contributed by atoms with Crippen molar-refractivity contribution in [3.63, 3.8) is 0 Å². The predicted molar refractivity (Wildman–Crippen MR) is 66.8 cm³/mol. The molecule has 1 heterocycles. The van der Waals surface area contributed by atoms with Crippen LogP contribution in [0.25, 0.3) is 0 Å². The highest BCUT2D eigenvalue weighted by molar-refractivity contribution is 5.92. The van der Waals surface area contributed by atoms with Crippen molar-refractivity contribution >= 4 is 11.6 Å². The summed E-state index contributed by atoms with van der Waals surface area (Å²) in [7, 11) is 0. The maximum atomic E-state index is 13.1. The number of benzene rings is 1. The molecule has 1 aromatic carbocycles. The van der Waals surface area contributed by atoms with E-state index in [1.54, 1.807) is 6.07 Å². The normalized spacial score (nSPS) is 20.1. The fourth-order valence-corrected chi connectivity index (χ4v) is 2.08. The van der Waals surface area contributed by atoms with Crippen LogP contribution >= 0.6 is 0 Å². The summed E-state index contributed by atoms with van der Waals surface area (Å²) in [5.74, 6) is -0.551. The number of carbonyl (C=O) groups excluding carboxylic acids is 1. The van der Waals surface area contributed by atoms with Gasteiger partial charge in [0.2, 0.25) is 5.91 Å². The summed E-state index contributed by atoms with van der Waals surface area (Å²) in [6.45, 7) is 3.29. The number of aryl methyl sites for hydroxylation is 1. The molecule has 0 unspecified atom stereocenters. The van der Waals surface area contributed by atoms with Crippen LogP contribution in [0.3, 0.4) is 0 Å². The zero-order valence-electron chi connectivity index (χ0n) is 10.3. The van der Waals surface area contributed by atoms with E-state index in [1.807, 2.05) is 11.8 Å². The molecule has 0 aromatic heterocycles. The van der Waals surface area contributed by atoms with Crippen molar-refractivity contribution < 1.29 is 14.3 Å². The van der Waals surface area contributed by atoms with Crippen molar-refractivity contribution in [2.45, 2.75) is 19.4 Å². The monoisotopic (exact) mass is 252 g/mol. The van der Waals surface area contributed by atoms with Gasteiger partial charge in [-0.1, -0.05) is 6.07 Å². The molecule has 0 bridgehead atoms. The number of halogens is 1. The number of likely N-dealkylation sites (tertiary alicyclic amines) is 1. The molecular formula is C13H17FN2O2. The van der Waals surface area contributed by atoms with Gasteiger partial charge in [-0.3, -0.25) is 9.69 Å². The number of aliphatic hydroxyl groups excluding tert-OH is 1. The van der Waals surface area contributed by atoms with Crippen LogP contribution in [-0.2, 0) is 4.79 Å². The lowest BCUT2D eigenvalue weighted by atomic mass is 10.2. The van der Waals surface area contributed by atoms with Crippen LogP contribution in [-0.4, -0.2) is 41.7 Å². The van der Waals surface area contributed by atoms with Crippen LogP contribution in [0.1, 0.15) is 12.0 Å². The molecule has 1 saturated heterocycles. The topological polar surface area (TPSA) is 52.6 Å². The molecule has 0 aliphatic carbocycles. The molecule has 0 spiro atoms. The average molecular weight is 252 g/mol. The second kappa shape index (κ2) is 5.46. The quantitative estimate of drug-likeness (QED) is 0.848. The zero-order valence-corrected chi connectivity index (χ0v) is 10.3. The third-order valence-corrected chi connectivity index (χ3v) is 3.09. The van der Waals surface area contributed by atoms with Crippen LogP contribution in [0.15, 0.2) is 18.2 Å². The lowest BCUT2D eigenvalue weighted by Crippen LogP contribution is -2.32. The van der Waals surface area contributed by atoms with Gasteiger partial charge >= 0.3 is 0 Å². The Morgan fingerprint density at radius 3 is 3.06 bits per heavy atom. The van der Waals surface area contributed by atoms with E-state index in [2.05, 4.69) is 5.32 Å². The van der Waals surface area contributed by atoms with Gasteiger partial charge in [0.25, 0.3) is 0 Å². The van der Waals surface area contributed by atoms with E-state index in [0.717, 1.165) is 12.1 Å². The first-order valence-corrected chi connectivity index (χ1v) is 6.01. The second-order valence-electron chi connectivity index (χ2n) is 4.69. The van der Waals surface area contributed by atoms with Gasteiger partial charge in [-0.05, 0) is 31.0 Å². The van der Waals surface area contributed by atoms with Crippen LogP contribution < -0.4 is 5.32 Å². The number of carbonyl (C=O) groups is 1. The minimum absolute atomic E-state index is 0.183. The molecular weight excluding hydrogens is 235 g/mol. The van der Waals surface area contributed by atoms with E-state index in [4.69, 9.17) is 0 Å². The molecule has 1 fully saturated rings. The molecule has 1 amide bonds. The summed E-state index contributed by atoms with van der Waals surface area (Å²) in [6.07, 6.45) is 0.362. The van der Waals surface area contributed by atoms with Crippen LogP contribution in [0.5, 0.6) is 0 Å². The van der Waals surface area contributed by atoms with Gasteiger partial charge in [0.05, 0.1) is 12.6 Å². The lowest BCUT2D eigenvalue weighted by Gasteiger charge is -2.15. The number of hydrogen-bond acceptors (Lipinski definition) is 3. The number of β-amino-alcohol motifs (C(OH)–C–C–N with tert-alkyl or cyclic N) is 1. The van der Waals surface area contributed by atoms with E-state index in [9.17, 15) is 14.3 Å². The Labute approximate surface area is 105 Å². The molecule has 0 saturated carbocycles. The molecule has 1 aliphatic rings. The molecule has 1 aliphatic heterocycles. The SMILES string of the molecule is Cc1ccc(F)cc1NC(=O)CN1CC[C@H](O)C1. The van der Waals surface area contributed by atoms with E-state index >= 15 is 0 Å². The van der Waals surface area contributed by atoms with Gasteiger partial charge in [-0.25, -0.2) is 4.39 Å². The summed E-state index contributed by atoms with van der Waals surface area (Å²) in [4.78, 5) is 13.7. The summed E-state index contributed by atoms with van der Waals surface area (Å²) >= 11 is 0. The van der Waals surface area contributed by atoms with Crippen molar-refractivity contribution in [2.24, 2.45) is 0 Å². The van der Waals surface area contributed by atoms with E-state index in [-0.39, 0.29) is 24.4 Å². The van der Waals surface area contributed by atoms with Gasteiger partial charge < -0.3 is 10.4 Å². The Balaban J connectivity index is 1.92. The summed E-state index contributed by atoms with van der Waals surface area (Å²) in [5, 5.41) is 12.1. The maximum absolute atomic E-state index is 13.1. The van der Waals surface area contributed by atoms with Gasteiger partial charge in [0.15, 0.2) is 0 Å². The Bertz CT molecular complexity index is 451. The number of anilines is 1. The Kier molecular flexibility index (Phi) is 3.93. The van der Waals surface area contributed by atoms with Crippen molar-refractivity contribution in [1.29, 1.82) is 0 Å². The van der Waals surface area contributed by atoms with Crippen molar-refractivity contribution in [2.75, 3.05) is 25.0 Å². The summed E-state index contributed by atoms with van der Waals surface area (Å²) in [6, 6.07) is 4.30. The molecule has 2 N–H and O–H groups in total. The number of nitrogens with zero attached hydrogens (tertiary/aromatic N) is 1. The van der Waals surface area contributed by atoms with Crippen LogP contribution in [0, 0.1) is 12.7 Å². The molecule has 5 heteroatoms. The molecule has 1 aromatic rings. The molecule has 0 radical (unpaired) electrons. The van der Waals surface area contributed by atoms with Gasteiger partial charge in [-0.15, -0.1) is 0 Å². The van der Waals surface area contributed by atoms with Crippen molar-refractivity contribution in [1.82, 2.24) is 4.90 Å². The lowest BCUT2D eigenvalue weighted by molar-refractivity contribution is -0.117. The van der Waals surface area contributed by atoms with Crippen LogP contribution in [0.4, 0.5) is 10.1 Å². The Hall–Kier alpha value is -1.46. The Morgan fingerprint density at radius 2 is 2.39 bits per heavy atom. The maximum Gasteiger partial charge on any atom is 0.238 e. The third-order valence-electron chi connectivity index (χ3n) is 3.09. The molecule has 18 heavy (non-hydrogen) atoms.